The van der Waals surface area contributed by atoms with Gasteiger partial charge in [-0.1, -0.05) is 6.07 Å². The van der Waals surface area contributed by atoms with Crippen LogP contribution < -0.4 is 18.9 Å². The molecule has 2 aromatic carbocycles. The van der Waals surface area contributed by atoms with Crippen LogP contribution >= 0.6 is 11.8 Å². The summed E-state index contributed by atoms with van der Waals surface area (Å²) in [5.41, 5.74) is 1.57. The molecule has 0 spiro atoms. The van der Waals surface area contributed by atoms with Crippen LogP contribution in [0.25, 0.3) is 6.08 Å². The summed E-state index contributed by atoms with van der Waals surface area (Å²) in [5, 5.41) is 13.0. The number of ether oxygens (including phenoxy) is 4. The summed E-state index contributed by atoms with van der Waals surface area (Å²) < 4.78 is 21.1. The van der Waals surface area contributed by atoms with Gasteiger partial charge in [0.05, 0.1) is 38.9 Å². The summed E-state index contributed by atoms with van der Waals surface area (Å²) in [7, 11) is 6.15. The zero-order chi connectivity index (χ0) is 19.8. The fourth-order valence-corrected chi connectivity index (χ4v) is 3.13. The number of thioether (sulfide) groups is 1. The average Bonchev–Trinajstić information content (AvgIpc) is 2.70. The molecule has 0 N–H and O–H groups in total. The molecular weight excluding hydrogens is 370 g/mol. The van der Waals surface area contributed by atoms with Crippen molar-refractivity contribution >= 4 is 23.5 Å². The molecule has 0 aliphatic carbocycles. The maximum atomic E-state index is 11.1. The summed E-state index contributed by atoms with van der Waals surface area (Å²) in [4.78, 5) is 10.7. The van der Waals surface area contributed by atoms with Gasteiger partial charge in [-0.25, -0.2) is 0 Å². The summed E-state index contributed by atoms with van der Waals surface area (Å²) in [6.45, 7) is 0. The van der Waals surface area contributed by atoms with Crippen molar-refractivity contribution in [3.8, 4) is 23.0 Å². The minimum atomic E-state index is -0.448. The number of nitro benzene ring substituents is 1. The molecule has 144 valence electrons. The molecule has 0 bridgehead atoms. The van der Waals surface area contributed by atoms with Crippen LogP contribution in [-0.4, -0.2) is 33.4 Å². The number of benzene rings is 2. The van der Waals surface area contributed by atoms with Crippen LogP contribution in [0.1, 0.15) is 11.1 Å². The van der Waals surface area contributed by atoms with Crippen molar-refractivity contribution in [3.05, 3.63) is 57.0 Å². The fraction of sp³-hybridized carbons (Fsp3) is 0.263. The van der Waals surface area contributed by atoms with Crippen molar-refractivity contribution in [1.29, 1.82) is 0 Å². The van der Waals surface area contributed by atoms with Gasteiger partial charge in [0.15, 0.2) is 5.75 Å². The molecule has 0 aliphatic heterocycles. The van der Waals surface area contributed by atoms with Gasteiger partial charge >= 0.3 is 5.69 Å². The fourth-order valence-electron chi connectivity index (χ4n) is 2.43. The Balaban J connectivity index is 2.15. The summed E-state index contributed by atoms with van der Waals surface area (Å²) in [5.74, 6) is 2.71. The van der Waals surface area contributed by atoms with Crippen molar-refractivity contribution in [2.24, 2.45) is 0 Å². The van der Waals surface area contributed by atoms with Crippen molar-refractivity contribution in [2.45, 2.75) is 5.75 Å². The zero-order valence-corrected chi connectivity index (χ0v) is 16.4. The van der Waals surface area contributed by atoms with Crippen LogP contribution in [0.2, 0.25) is 0 Å². The third kappa shape index (κ3) is 5.07. The molecule has 0 amide bonds. The summed E-state index contributed by atoms with van der Waals surface area (Å²) >= 11 is 1.50. The Kier molecular flexibility index (Phi) is 7.36. The van der Waals surface area contributed by atoms with Crippen molar-refractivity contribution < 1.29 is 23.9 Å². The Hall–Kier alpha value is -2.87. The highest BCUT2D eigenvalue weighted by Crippen LogP contribution is 2.36. The average molecular weight is 391 g/mol. The molecule has 8 heteroatoms. The summed E-state index contributed by atoms with van der Waals surface area (Å²) in [6.07, 6.45) is 1.87. The summed E-state index contributed by atoms with van der Waals surface area (Å²) in [6, 6.07) is 8.49. The first-order valence-corrected chi connectivity index (χ1v) is 8.98. The highest BCUT2D eigenvalue weighted by atomic mass is 32.2. The largest absolute Gasteiger partial charge is 0.496 e. The molecule has 0 aromatic heterocycles. The van der Waals surface area contributed by atoms with Gasteiger partial charge in [0.25, 0.3) is 0 Å². The van der Waals surface area contributed by atoms with E-state index in [1.807, 2.05) is 11.5 Å². The van der Waals surface area contributed by atoms with E-state index in [9.17, 15) is 10.1 Å². The molecule has 0 unspecified atom stereocenters. The first-order chi connectivity index (χ1) is 13.0. The van der Waals surface area contributed by atoms with E-state index in [-0.39, 0.29) is 11.4 Å². The van der Waals surface area contributed by atoms with Crippen molar-refractivity contribution in [3.63, 3.8) is 0 Å². The molecule has 0 radical (unpaired) electrons. The second-order valence-electron chi connectivity index (χ2n) is 5.32. The van der Waals surface area contributed by atoms with Crippen LogP contribution in [0.4, 0.5) is 5.69 Å². The Morgan fingerprint density at radius 3 is 2.11 bits per heavy atom. The predicted octanol–water partition coefficient (Wildman–Crippen LogP) is 4.53. The quantitative estimate of drug-likeness (QED) is 0.459. The van der Waals surface area contributed by atoms with E-state index in [4.69, 9.17) is 18.9 Å². The van der Waals surface area contributed by atoms with E-state index in [0.717, 1.165) is 11.1 Å². The topological polar surface area (TPSA) is 80.1 Å². The van der Waals surface area contributed by atoms with Crippen LogP contribution in [0, 0.1) is 10.1 Å². The van der Waals surface area contributed by atoms with Crippen LogP contribution in [0.3, 0.4) is 0 Å². The molecule has 0 aliphatic rings. The van der Waals surface area contributed by atoms with Crippen LogP contribution in [-0.2, 0) is 5.75 Å². The molecule has 0 fully saturated rings. The van der Waals surface area contributed by atoms with Gasteiger partial charge in [-0.05, 0) is 23.1 Å². The van der Waals surface area contributed by atoms with Gasteiger partial charge in [0, 0.05) is 24.0 Å². The van der Waals surface area contributed by atoms with E-state index in [1.54, 1.807) is 45.6 Å². The lowest BCUT2D eigenvalue weighted by molar-refractivity contribution is -0.385. The highest BCUT2D eigenvalue weighted by Gasteiger charge is 2.15. The Bertz CT molecular complexity index is 812. The molecule has 27 heavy (non-hydrogen) atoms. The van der Waals surface area contributed by atoms with E-state index < -0.39 is 4.92 Å². The minimum absolute atomic E-state index is 0.0435. The van der Waals surface area contributed by atoms with E-state index in [0.29, 0.717) is 23.0 Å². The van der Waals surface area contributed by atoms with Gasteiger partial charge in [-0.3, -0.25) is 10.1 Å². The SMILES string of the molecule is COc1cc(OC)c(/C=C\SCc2ccc(OC)c([N+](=O)[O-])c2)c(OC)c1. The molecule has 0 atom stereocenters. The monoisotopic (exact) mass is 391 g/mol. The Morgan fingerprint density at radius 1 is 0.963 bits per heavy atom. The first-order valence-electron chi connectivity index (χ1n) is 7.93. The predicted molar refractivity (Wildman–Crippen MR) is 106 cm³/mol. The number of hydrogen-bond acceptors (Lipinski definition) is 7. The lowest BCUT2D eigenvalue weighted by atomic mass is 10.1. The smallest absolute Gasteiger partial charge is 0.311 e. The number of rotatable bonds is 9. The van der Waals surface area contributed by atoms with E-state index in [1.165, 1.54) is 24.9 Å². The molecular formula is C19H21NO6S. The van der Waals surface area contributed by atoms with Crippen LogP contribution in [0.15, 0.2) is 35.7 Å². The molecule has 2 aromatic rings. The maximum Gasteiger partial charge on any atom is 0.311 e. The normalized spacial score (nSPS) is 10.7. The third-order valence-corrected chi connectivity index (χ3v) is 4.60. The number of hydrogen-bond donors (Lipinski definition) is 0. The Labute approximate surface area is 162 Å². The molecule has 0 saturated heterocycles. The number of nitro groups is 1. The van der Waals surface area contributed by atoms with Gasteiger partial charge in [0.1, 0.15) is 17.2 Å². The number of methoxy groups -OCH3 is 4. The lowest BCUT2D eigenvalue weighted by Gasteiger charge is -2.12. The van der Waals surface area contributed by atoms with Gasteiger partial charge in [-0.15, -0.1) is 11.8 Å². The van der Waals surface area contributed by atoms with Crippen LogP contribution in [0.5, 0.6) is 23.0 Å². The lowest BCUT2D eigenvalue weighted by Crippen LogP contribution is -1.95. The molecule has 7 nitrogen and oxygen atoms in total. The van der Waals surface area contributed by atoms with E-state index >= 15 is 0 Å². The van der Waals surface area contributed by atoms with Gasteiger partial charge < -0.3 is 18.9 Å². The maximum absolute atomic E-state index is 11.1. The van der Waals surface area contributed by atoms with Crippen molar-refractivity contribution in [1.82, 2.24) is 0 Å². The van der Waals surface area contributed by atoms with Gasteiger partial charge in [-0.2, -0.15) is 0 Å². The molecule has 0 saturated carbocycles. The third-order valence-electron chi connectivity index (χ3n) is 3.77. The first kappa shape index (κ1) is 20.4. The second-order valence-corrected chi connectivity index (χ2v) is 6.22. The minimum Gasteiger partial charge on any atom is -0.496 e. The Morgan fingerprint density at radius 2 is 1.59 bits per heavy atom. The zero-order valence-electron chi connectivity index (χ0n) is 15.6. The van der Waals surface area contributed by atoms with Gasteiger partial charge in [0.2, 0.25) is 0 Å². The number of nitrogens with zero attached hydrogens (tertiary/aromatic N) is 1. The van der Waals surface area contributed by atoms with E-state index in [2.05, 4.69) is 0 Å². The standard InChI is InChI=1S/C19H21NO6S/c1-23-14-10-18(25-3)15(19(11-14)26-4)7-8-27-12-13-5-6-17(24-2)16(9-13)20(21)22/h5-11H,12H2,1-4H3/b8-7-. The highest BCUT2D eigenvalue weighted by molar-refractivity contribution is 8.01. The molecule has 0 heterocycles. The van der Waals surface area contributed by atoms with Crippen molar-refractivity contribution in [2.75, 3.05) is 28.4 Å². The second kappa shape index (κ2) is 9.72. The molecule has 2 rings (SSSR count).